The standard InChI is InChI=1S/C34H53N2O7P/c1-2-3-4-5-6-7-8-9-10-11-12-13-14-15-16-17-33(37)36-31(27-42-44(39,40)41)26-28-18-24-32(25-19-28)43-34(38)29-20-22-30(35)23-21-29/h9-10,18-25,31,39-41,44H,2-8,11-17,26-27,35H2,1H3,(H,36,37)/b10-9-/t31-/m0/s1. The molecule has 2 aromatic carbocycles. The number of amides is 1. The van der Waals surface area contributed by atoms with Gasteiger partial charge >= 0.3 is 176 Å². The Morgan fingerprint density at radius 3 is 1.98 bits per heavy atom. The van der Waals surface area contributed by atoms with E-state index in [0.29, 0.717) is 29.8 Å². The number of carbonyl (C=O) groups excluding carboxylic acids is 2. The van der Waals surface area contributed by atoms with Crippen molar-refractivity contribution in [3.05, 3.63) is 71.8 Å². The molecule has 246 valence electrons. The molecule has 0 radical (unpaired) electrons. The van der Waals surface area contributed by atoms with E-state index in [1.807, 2.05) is 0 Å². The zero-order valence-corrected chi connectivity index (χ0v) is 27.2. The Morgan fingerprint density at radius 1 is 0.818 bits per heavy atom. The van der Waals surface area contributed by atoms with E-state index in [9.17, 15) is 24.3 Å². The van der Waals surface area contributed by atoms with E-state index in [0.717, 1.165) is 44.1 Å². The number of nitrogen functional groups attached to an aromatic ring is 1. The molecule has 0 spiro atoms. The van der Waals surface area contributed by atoms with Gasteiger partial charge in [-0.2, -0.15) is 0 Å². The van der Waals surface area contributed by atoms with Gasteiger partial charge in [-0.1, -0.05) is 51.2 Å². The Morgan fingerprint density at radius 2 is 1.39 bits per heavy atom. The number of hydrogen-bond acceptors (Lipinski definition) is 8. The van der Waals surface area contributed by atoms with Crippen molar-refractivity contribution in [1.82, 2.24) is 5.32 Å². The molecule has 0 heterocycles. The Balaban J connectivity index is 1.68. The van der Waals surface area contributed by atoms with E-state index < -0.39 is 20.2 Å². The Labute approximate surface area is 263 Å². The van der Waals surface area contributed by atoms with Crippen LogP contribution in [0.1, 0.15) is 113 Å². The van der Waals surface area contributed by atoms with Crippen molar-refractivity contribution in [1.29, 1.82) is 0 Å². The van der Waals surface area contributed by atoms with E-state index >= 15 is 0 Å². The first-order chi connectivity index (χ1) is 21.2. The van der Waals surface area contributed by atoms with Crippen molar-refractivity contribution >= 4 is 25.7 Å². The van der Waals surface area contributed by atoms with Gasteiger partial charge in [0.15, 0.2) is 0 Å². The number of carbonyl (C=O) groups is 2. The van der Waals surface area contributed by atoms with Crippen LogP contribution in [0.2, 0.25) is 0 Å². The molecule has 0 aliphatic heterocycles. The van der Waals surface area contributed by atoms with Gasteiger partial charge in [-0.3, -0.25) is 0 Å². The number of esters is 1. The second kappa shape index (κ2) is 21.8. The van der Waals surface area contributed by atoms with Crippen LogP contribution < -0.4 is 15.8 Å². The number of allylic oxidation sites excluding steroid dienone is 2. The summed E-state index contributed by atoms with van der Waals surface area (Å²) < 4.78 is 10.2. The third-order valence-electron chi connectivity index (χ3n) is 7.27. The molecule has 0 bridgehead atoms. The van der Waals surface area contributed by atoms with Crippen molar-refractivity contribution in [3.63, 3.8) is 0 Å². The summed E-state index contributed by atoms with van der Waals surface area (Å²) in [6.07, 6.45) is 20.6. The van der Waals surface area contributed by atoms with Crippen molar-refractivity contribution in [2.75, 3.05) is 12.3 Å². The van der Waals surface area contributed by atoms with E-state index in [1.165, 1.54) is 44.9 Å². The number of anilines is 1. The predicted octanol–water partition coefficient (Wildman–Crippen LogP) is 6.96. The van der Waals surface area contributed by atoms with Crippen molar-refractivity contribution in [3.8, 4) is 5.75 Å². The number of rotatable bonds is 23. The first kappa shape index (κ1) is 37.4. The molecule has 0 unspecified atom stereocenters. The molecule has 2 aromatic rings. The second-order valence-electron chi connectivity index (χ2n) is 11.3. The number of benzene rings is 2. The summed E-state index contributed by atoms with van der Waals surface area (Å²) in [5.41, 5.74) is 7.38. The first-order valence-electron chi connectivity index (χ1n) is 16.1. The molecule has 0 aliphatic rings. The molecule has 1 atom stereocenters. The summed E-state index contributed by atoms with van der Waals surface area (Å²) in [4.78, 5) is 52.9. The zero-order chi connectivity index (χ0) is 32.0. The van der Waals surface area contributed by atoms with Crippen LogP contribution in [0.4, 0.5) is 5.69 Å². The van der Waals surface area contributed by atoms with Gasteiger partial charge in [0.25, 0.3) is 0 Å². The summed E-state index contributed by atoms with van der Waals surface area (Å²) in [5, 5.41) is 2.88. The van der Waals surface area contributed by atoms with E-state index in [-0.39, 0.29) is 12.5 Å². The van der Waals surface area contributed by atoms with Crippen LogP contribution >= 0.6 is 8.17 Å². The van der Waals surface area contributed by atoms with Gasteiger partial charge in [0.05, 0.1) is 0 Å². The number of ether oxygens (including phenoxy) is 1. The number of hydrogen-bond donors (Lipinski definition) is 5. The Kier molecular flexibility index (Phi) is 18.5. The first-order valence-corrected chi connectivity index (χ1v) is 17.8. The average molecular weight is 633 g/mol. The van der Waals surface area contributed by atoms with Crippen LogP contribution in [-0.2, 0) is 15.7 Å². The van der Waals surface area contributed by atoms with Gasteiger partial charge in [0.1, 0.15) is 0 Å². The van der Waals surface area contributed by atoms with Crippen LogP contribution in [0.5, 0.6) is 5.75 Å². The summed E-state index contributed by atoms with van der Waals surface area (Å²) in [6.45, 7) is 1.98. The Bertz CT molecular complexity index is 1100. The zero-order valence-electron chi connectivity index (χ0n) is 26.2. The third-order valence-corrected chi connectivity index (χ3v) is 7.83. The van der Waals surface area contributed by atoms with Gasteiger partial charge < -0.3 is 5.73 Å². The molecule has 9 nitrogen and oxygen atoms in total. The third kappa shape index (κ3) is 18.1. The van der Waals surface area contributed by atoms with E-state index in [2.05, 4.69) is 24.4 Å². The monoisotopic (exact) mass is 632 g/mol. The molecule has 0 fully saturated rings. The van der Waals surface area contributed by atoms with Gasteiger partial charge in [0, 0.05) is 5.69 Å². The second-order valence-corrected chi connectivity index (χ2v) is 12.8. The minimum atomic E-state index is -4.74. The molecule has 2 rings (SSSR count). The molecule has 44 heavy (non-hydrogen) atoms. The van der Waals surface area contributed by atoms with Crippen LogP contribution in [0.3, 0.4) is 0 Å². The quantitative estimate of drug-likeness (QED) is 0.0220. The van der Waals surface area contributed by atoms with E-state index in [1.54, 1.807) is 48.5 Å². The maximum atomic E-state index is 12.6. The topological polar surface area (TPSA) is 151 Å². The molecule has 1 amide bonds. The molecule has 6 N–H and O–H groups in total. The molecule has 0 saturated heterocycles. The normalized spacial score (nSPS) is 12.7. The van der Waals surface area contributed by atoms with Gasteiger partial charge in [-0.25, -0.2) is 0 Å². The average Bonchev–Trinajstić information content (AvgIpc) is 2.99. The van der Waals surface area contributed by atoms with Crippen LogP contribution in [0.15, 0.2) is 60.7 Å². The summed E-state index contributed by atoms with van der Waals surface area (Å²) >= 11 is 0. The fourth-order valence-electron chi connectivity index (χ4n) is 4.78. The minimum absolute atomic E-state index is 0.161. The van der Waals surface area contributed by atoms with Crippen LogP contribution in [-0.4, -0.2) is 39.2 Å². The van der Waals surface area contributed by atoms with Gasteiger partial charge in [0.2, 0.25) is 0 Å². The number of unbranched alkanes of at least 4 members (excludes halogenated alkanes) is 11. The summed E-state index contributed by atoms with van der Waals surface area (Å²) in [7, 11) is -4.74. The molecule has 0 aliphatic carbocycles. The SMILES string of the molecule is CCCCCCCC/C=C\CCCCCCCC(=O)N[C@H](CO[PH](O)(O)O)Cc1ccc(OC(=O)c2ccc(N)cc2)cc1. The molecular weight excluding hydrogens is 579 g/mol. The van der Waals surface area contributed by atoms with Crippen LogP contribution in [0, 0.1) is 0 Å². The van der Waals surface area contributed by atoms with Gasteiger partial charge in [-0.15, -0.1) is 0 Å². The molecule has 10 heteroatoms. The van der Waals surface area contributed by atoms with Crippen LogP contribution in [0.25, 0.3) is 0 Å². The molecular formula is C34H53N2O7P. The fraction of sp³-hybridized carbons (Fsp3) is 0.529. The molecule has 0 saturated carbocycles. The number of nitrogens with one attached hydrogen (secondary N) is 1. The molecule has 0 aromatic heterocycles. The Hall–Kier alpha value is -2.81. The summed E-state index contributed by atoms with van der Waals surface area (Å²) in [5.74, 6) is -0.322. The number of nitrogens with two attached hydrogens (primary N) is 1. The maximum absolute atomic E-state index is 12.6. The summed E-state index contributed by atoms with van der Waals surface area (Å²) in [6, 6.07) is 12.6. The predicted molar refractivity (Wildman–Crippen MR) is 178 cm³/mol. The van der Waals surface area contributed by atoms with Crippen molar-refractivity contribution < 1.29 is 33.5 Å². The van der Waals surface area contributed by atoms with E-state index in [4.69, 9.17) is 15.0 Å². The fourth-order valence-corrected chi connectivity index (χ4v) is 5.21. The van der Waals surface area contributed by atoms with Crippen molar-refractivity contribution in [2.24, 2.45) is 0 Å². The van der Waals surface area contributed by atoms with Gasteiger partial charge in [-0.05, 0) is 25.0 Å². The van der Waals surface area contributed by atoms with Crippen molar-refractivity contribution in [2.45, 2.75) is 109 Å².